The van der Waals surface area contributed by atoms with Gasteiger partial charge in [-0.1, -0.05) is 13.8 Å². The van der Waals surface area contributed by atoms with E-state index in [0.717, 1.165) is 0 Å². The van der Waals surface area contributed by atoms with E-state index in [1.165, 1.54) is 0 Å². The Bertz CT molecular complexity index is 113. The maximum absolute atomic E-state index is 10.8. The second-order valence-corrected chi connectivity index (χ2v) is 2.93. The minimum absolute atomic E-state index is 0.118. The third-order valence-electron chi connectivity index (χ3n) is 1.16. The fraction of sp³-hybridized carbons (Fsp3) is 0.875. The van der Waals surface area contributed by atoms with Crippen molar-refractivity contribution in [2.75, 3.05) is 20.2 Å². The molecule has 3 nitrogen and oxygen atoms in total. The molecule has 0 aromatic heterocycles. The molecule has 0 aliphatic heterocycles. The second-order valence-electron chi connectivity index (χ2n) is 2.93. The minimum atomic E-state index is -0.118. The monoisotopic (exact) mass is 159 g/mol. The average Bonchev–Trinajstić information content (AvgIpc) is 1.97. The van der Waals surface area contributed by atoms with E-state index in [4.69, 9.17) is 4.74 Å². The SMILES string of the molecule is CNCCC(=O)OCC(C)C. The molecule has 0 aromatic carbocycles. The first kappa shape index (κ1) is 10.4. The fourth-order valence-electron chi connectivity index (χ4n) is 0.559. The van der Waals surface area contributed by atoms with Gasteiger partial charge in [-0.2, -0.15) is 0 Å². The van der Waals surface area contributed by atoms with Crippen LogP contribution in [0.25, 0.3) is 0 Å². The number of hydrogen-bond donors (Lipinski definition) is 1. The average molecular weight is 159 g/mol. The highest BCUT2D eigenvalue weighted by Gasteiger charge is 2.02. The summed E-state index contributed by atoms with van der Waals surface area (Å²) in [5, 5.41) is 2.89. The van der Waals surface area contributed by atoms with Gasteiger partial charge >= 0.3 is 5.97 Å². The maximum Gasteiger partial charge on any atom is 0.307 e. The summed E-state index contributed by atoms with van der Waals surface area (Å²) in [6, 6.07) is 0. The summed E-state index contributed by atoms with van der Waals surface area (Å²) in [6.45, 7) is 5.26. The fourth-order valence-corrected chi connectivity index (χ4v) is 0.559. The van der Waals surface area contributed by atoms with Gasteiger partial charge in [0, 0.05) is 6.54 Å². The highest BCUT2D eigenvalue weighted by Crippen LogP contribution is 1.94. The number of rotatable bonds is 5. The molecule has 0 spiro atoms. The highest BCUT2D eigenvalue weighted by atomic mass is 16.5. The molecular weight excluding hydrogens is 142 g/mol. The molecule has 0 saturated heterocycles. The van der Waals surface area contributed by atoms with Crippen LogP contribution in [-0.2, 0) is 9.53 Å². The van der Waals surface area contributed by atoms with E-state index in [1.807, 2.05) is 20.9 Å². The van der Waals surface area contributed by atoms with Crippen molar-refractivity contribution in [2.24, 2.45) is 5.92 Å². The van der Waals surface area contributed by atoms with Gasteiger partial charge in [0.25, 0.3) is 0 Å². The van der Waals surface area contributed by atoms with Crippen LogP contribution in [0, 0.1) is 5.92 Å². The van der Waals surface area contributed by atoms with Crippen molar-refractivity contribution in [3.05, 3.63) is 0 Å². The highest BCUT2D eigenvalue weighted by molar-refractivity contribution is 5.69. The topological polar surface area (TPSA) is 38.3 Å². The predicted molar refractivity (Wildman–Crippen MR) is 44.3 cm³/mol. The molecule has 0 saturated carbocycles. The molecular formula is C8H17NO2. The third kappa shape index (κ3) is 7.33. The minimum Gasteiger partial charge on any atom is -0.465 e. The molecule has 1 N–H and O–H groups in total. The molecule has 0 aliphatic carbocycles. The lowest BCUT2D eigenvalue weighted by Gasteiger charge is -2.06. The van der Waals surface area contributed by atoms with Crippen LogP contribution < -0.4 is 5.32 Å². The van der Waals surface area contributed by atoms with Crippen LogP contribution >= 0.6 is 0 Å². The Morgan fingerprint density at radius 1 is 1.55 bits per heavy atom. The number of carbonyl (C=O) groups excluding carboxylic acids is 1. The Morgan fingerprint density at radius 3 is 2.64 bits per heavy atom. The van der Waals surface area contributed by atoms with Crippen molar-refractivity contribution in [1.82, 2.24) is 5.32 Å². The van der Waals surface area contributed by atoms with Gasteiger partial charge in [-0.15, -0.1) is 0 Å². The molecule has 0 rings (SSSR count). The Balaban J connectivity index is 3.23. The van der Waals surface area contributed by atoms with Crippen molar-refractivity contribution in [3.63, 3.8) is 0 Å². The van der Waals surface area contributed by atoms with Crippen LogP contribution in [0.2, 0.25) is 0 Å². The molecule has 0 amide bonds. The Kier molecular flexibility index (Phi) is 5.84. The van der Waals surface area contributed by atoms with E-state index in [-0.39, 0.29) is 5.97 Å². The lowest BCUT2D eigenvalue weighted by atomic mass is 10.2. The summed E-state index contributed by atoms with van der Waals surface area (Å²) in [7, 11) is 1.82. The maximum atomic E-state index is 10.8. The second kappa shape index (κ2) is 6.16. The smallest absolute Gasteiger partial charge is 0.307 e. The molecule has 0 aromatic rings. The summed E-state index contributed by atoms with van der Waals surface area (Å²) in [5.41, 5.74) is 0. The number of carbonyl (C=O) groups is 1. The Morgan fingerprint density at radius 2 is 2.18 bits per heavy atom. The summed E-state index contributed by atoms with van der Waals surface area (Å²) in [5.74, 6) is 0.307. The van der Waals surface area contributed by atoms with Gasteiger partial charge in [0.15, 0.2) is 0 Å². The van der Waals surface area contributed by atoms with Gasteiger partial charge in [0.05, 0.1) is 13.0 Å². The van der Waals surface area contributed by atoms with Gasteiger partial charge in [0.2, 0.25) is 0 Å². The number of nitrogens with one attached hydrogen (secondary N) is 1. The Labute approximate surface area is 68.1 Å². The zero-order valence-corrected chi connectivity index (χ0v) is 7.52. The lowest BCUT2D eigenvalue weighted by molar-refractivity contribution is -0.144. The Hall–Kier alpha value is -0.570. The first-order valence-corrected chi connectivity index (χ1v) is 3.97. The quantitative estimate of drug-likeness (QED) is 0.603. The summed E-state index contributed by atoms with van der Waals surface area (Å²) in [6.07, 6.45) is 0.462. The molecule has 66 valence electrons. The van der Waals surface area contributed by atoms with Crippen molar-refractivity contribution in [1.29, 1.82) is 0 Å². The van der Waals surface area contributed by atoms with E-state index < -0.39 is 0 Å². The normalized spacial score (nSPS) is 10.2. The van der Waals surface area contributed by atoms with Crippen molar-refractivity contribution < 1.29 is 9.53 Å². The standard InChI is InChI=1S/C8H17NO2/c1-7(2)6-11-8(10)4-5-9-3/h7,9H,4-6H2,1-3H3. The van der Waals surface area contributed by atoms with E-state index in [0.29, 0.717) is 25.5 Å². The molecule has 3 heteroatoms. The van der Waals surface area contributed by atoms with Crippen LogP contribution in [0.15, 0.2) is 0 Å². The zero-order valence-electron chi connectivity index (χ0n) is 7.52. The van der Waals surface area contributed by atoms with Crippen LogP contribution in [0.5, 0.6) is 0 Å². The summed E-state index contributed by atoms with van der Waals surface area (Å²) >= 11 is 0. The molecule has 0 bridgehead atoms. The van der Waals surface area contributed by atoms with Gasteiger partial charge < -0.3 is 10.1 Å². The van der Waals surface area contributed by atoms with Crippen LogP contribution in [0.1, 0.15) is 20.3 Å². The molecule has 0 radical (unpaired) electrons. The molecule has 11 heavy (non-hydrogen) atoms. The van der Waals surface area contributed by atoms with Crippen LogP contribution in [-0.4, -0.2) is 26.2 Å². The summed E-state index contributed by atoms with van der Waals surface area (Å²) < 4.78 is 4.93. The van der Waals surface area contributed by atoms with Gasteiger partial charge in [-0.25, -0.2) is 0 Å². The predicted octanol–water partition coefficient (Wildman–Crippen LogP) is 0.795. The first-order chi connectivity index (χ1) is 5.16. The van der Waals surface area contributed by atoms with E-state index in [1.54, 1.807) is 0 Å². The molecule has 0 atom stereocenters. The van der Waals surface area contributed by atoms with Crippen molar-refractivity contribution >= 4 is 5.97 Å². The van der Waals surface area contributed by atoms with Crippen LogP contribution in [0.3, 0.4) is 0 Å². The van der Waals surface area contributed by atoms with E-state index in [2.05, 4.69) is 5.32 Å². The molecule has 0 heterocycles. The number of esters is 1. The third-order valence-corrected chi connectivity index (χ3v) is 1.16. The van der Waals surface area contributed by atoms with E-state index in [9.17, 15) is 4.79 Å². The van der Waals surface area contributed by atoms with Gasteiger partial charge in [-0.3, -0.25) is 4.79 Å². The summed E-state index contributed by atoms with van der Waals surface area (Å²) in [4.78, 5) is 10.8. The number of ether oxygens (including phenoxy) is 1. The molecule has 0 aliphatic rings. The zero-order chi connectivity index (χ0) is 8.69. The number of hydrogen-bond acceptors (Lipinski definition) is 3. The van der Waals surface area contributed by atoms with Crippen LogP contribution in [0.4, 0.5) is 0 Å². The van der Waals surface area contributed by atoms with Gasteiger partial charge in [0.1, 0.15) is 0 Å². The van der Waals surface area contributed by atoms with E-state index >= 15 is 0 Å². The largest absolute Gasteiger partial charge is 0.465 e. The molecule has 0 fully saturated rings. The van der Waals surface area contributed by atoms with Crippen molar-refractivity contribution in [2.45, 2.75) is 20.3 Å². The van der Waals surface area contributed by atoms with Gasteiger partial charge in [-0.05, 0) is 13.0 Å². The van der Waals surface area contributed by atoms with Crippen molar-refractivity contribution in [3.8, 4) is 0 Å². The molecule has 0 unspecified atom stereocenters. The lowest BCUT2D eigenvalue weighted by Crippen LogP contribution is -2.16. The first-order valence-electron chi connectivity index (χ1n) is 3.97.